The van der Waals surface area contributed by atoms with E-state index in [4.69, 9.17) is 5.73 Å². The molecule has 5 nitrogen and oxygen atoms in total. The van der Waals surface area contributed by atoms with Crippen LogP contribution in [-0.4, -0.2) is 28.0 Å². The van der Waals surface area contributed by atoms with Crippen LogP contribution in [0.2, 0.25) is 0 Å². The van der Waals surface area contributed by atoms with Crippen LogP contribution in [0.5, 0.6) is 0 Å². The van der Waals surface area contributed by atoms with Gasteiger partial charge in [-0.1, -0.05) is 30.0 Å². The first kappa shape index (κ1) is 13.6. The molecule has 114 valence electrons. The summed E-state index contributed by atoms with van der Waals surface area (Å²) in [6.07, 6.45) is 4.25. The van der Waals surface area contributed by atoms with Crippen LogP contribution in [0.1, 0.15) is 24.0 Å². The minimum atomic E-state index is 0.295. The highest BCUT2D eigenvalue weighted by molar-refractivity contribution is 5.94. The number of nitrogens with one attached hydrogen (secondary N) is 1. The lowest BCUT2D eigenvalue weighted by atomic mass is 10.2. The van der Waals surface area contributed by atoms with Crippen molar-refractivity contribution < 1.29 is 0 Å². The first-order valence-electron chi connectivity index (χ1n) is 7.78. The van der Waals surface area contributed by atoms with Crippen LogP contribution in [0.15, 0.2) is 36.5 Å². The first-order valence-corrected chi connectivity index (χ1v) is 7.78. The summed E-state index contributed by atoms with van der Waals surface area (Å²) in [4.78, 5) is 14.2. The van der Waals surface area contributed by atoms with E-state index in [9.17, 15) is 0 Å². The average Bonchev–Trinajstić information content (AvgIpc) is 3.23. The van der Waals surface area contributed by atoms with Crippen molar-refractivity contribution in [3.63, 3.8) is 0 Å². The monoisotopic (exact) mass is 303 g/mol. The van der Waals surface area contributed by atoms with Crippen LogP contribution < -0.4 is 10.6 Å². The maximum Gasteiger partial charge on any atom is 0.223 e. The fourth-order valence-electron chi connectivity index (χ4n) is 2.95. The third-order valence-corrected chi connectivity index (χ3v) is 4.05. The van der Waals surface area contributed by atoms with Gasteiger partial charge in [0.2, 0.25) is 5.95 Å². The maximum atomic E-state index is 5.86. The third kappa shape index (κ3) is 2.59. The molecule has 1 aromatic carbocycles. The fourth-order valence-corrected chi connectivity index (χ4v) is 2.95. The maximum absolute atomic E-state index is 5.86. The molecule has 5 heteroatoms. The lowest BCUT2D eigenvalue weighted by Gasteiger charge is -2.17. The van der Waals surface area contributed by atoms with Gasteiger partial charge in [-0.3, -0.25) is 0 Å². The van der Waals surface area contributed by atoms with E-state index in [2.05, 4.69) is 31.7 Å². The first-order chi connectivity index (χ1) is 11.3. The zero-order valence-electron chi connectivity index (χ0n) is 12.7. The number of hydrogen-bond donors (Lipinski definition) is 2. The second kappa shape index (κ2) is 5.65. The van der Waals surface area contributed by atoms with Crippen LogP contribution in [0.3, 0.4) is 0 Å². The molecule has 0 radical (unpaired) electrons. The Kier molecular flexibility index (Phi) is 3.35. The van der Waals surface area contributed by atoms with Crippen molar-refractivity contribution in [1.82, 2.24) is 15.0 Å². The van der Waals surface area contributed by atoms with Crippen molar-refractivity contribution in [2.45, 2.75) is 12.8 Å². The van der Waals surface area contributed by atoms with Crippen LogP contribution in [0.4, 0.5) is 11.8 Å². The highest BCUT2D eigenvalue weighted by Gasteiger charge is 2.20. The standard InChI is InChI=1S/C18H17N5/c19-18-21-16-15(17(22-18)23-10-4-5-11-23)14(12-20-16)9-8-13-6-2-1-3-7-13/h1-3,6-7,12H,4-5,10-11H2,(H3,19,20,21,22). The lowest BCUT2D eigenvalue weighted by molar-refractivity contribution is 0.942. The second-order valence-electron chi connectivity index (χ2n) is 5.64. The molecule has 4 rings (SSSR count). The average molecular weight is 303 g/mol. The van der Waals surface area contributed by atoms with Gasteiger partial charge >= 0.3 is 0 Å². The summed E-state index contributed by atoms with van der Waals surface area (Å²) in [6, 6.07) is 9.95. The number of nitrogen functional groups attached to an aromatic ring is 1. The minimum absolute atomic E-state index is 0.295. The van der Waals surface area contributed by atoms with E-state index >= 15 is 0 Å². The third-order valence-electron chi connectivity index (χ3n) is 4.05. The molecule has 0 bridgehead atoms. The normalized spacial score (nSPS) is 14.0. The van der Waals surface area contributed by atoms with Crippen LogP contribution >= 0.6 is 0 Å². The number of aromatic amines is 1. The van der Waals surface area contributed by atoms with Crippen LogP contribution in [0.25, 0.3) is 11.0 Å². The number of nitrogens with zero attached hydrogens (tertiary/aromatic N) is 3. The number of aromatic nitrogens is 3. The molecular formula is C18H17N5. The molecule has 1 aliphatic heterocycles. The van der Waals surface area contributed by atoms with Crippen molar-refractivity contribution in [3.05, 3.63) is 47.7 Å². The Morgan fingerprint density at radius 3 is 2.61 bits per heavy atom. The minimum Gasteiger partial charge on any atom is -0.368 e. The smallest absolute Gasteiger partial charge is 0.223 e. The molecule has 0 amide bonds. The molecule has 23 heavy (non-hydrogen) atoms. The van der Waals surface area contributed by atoms with Gasteiger partial charge in [0.25, 0.3) is 0 Å². The molecule has 2 aromatic heterocycles. The molecule has 3 aromatic rings. The number of hydrogen-bond acceptors (Lipinski definition) is 4. The highest BCUT2D eigenvalue weighted by Crippen LogP contribution is 2.29. The Labute approximate surface area is 134 Å². The molecule has 1 aliphatic rings. The molecular weight excluding hydrogens is 286 g/mol. The summed E-state index contributed by atoms with van der Waals surface area (Å²) in [5.41, 5.74) is 8.50. The predicted octanol–water partition coefficient (Wildman–Crippen LogP) is 2.54. The van der Waals surface area contributed by atoms with E-state index in [1.54, 1.807) is 0 Å². The molecule has 0 spiro atoms. The van der Waals surface area contributed by atoms with Gasteiger partial charge in [-0.15, -0.1) is 0 Å². The zero-order chi connectivity index (χ0) is 15.6. The Morgan fingerprint density at radius 1 is 1.04 bits per heavy atom. The van der Waals surface area contributed by atoms with Crippen molar-refractivity contribution >= 4 is 22.8 Å². The number of rotatable bonds is 1. The Bertz CT molecular complexity index is 896. The summed E-state index contributed by atoms with van der Waals surface area (Å²) in [5, 5.41) is 0.963. The Morgan fingerprint density at radius 2 is 1.83 bits per heavy atom. The Balaban J connectivity index is 1.83. The highest BCUT2D eigenvalue weighted by atomic mass is 15.2. The molecule has 0 saturated carbocycles. The molecule has 0 unspecified atom stereocenters. The van der Waals surface area contributed by atoms with E-state index in [0.29, 0.717) is 5.95 Å². The van der Waals surface area contributed by atoms with E-state index in [0.717, 1.165) is 41.1 Å². The summed E-state index contributed by atoms with van der Waals surface area (Å²) >= 11 is 0. The van der Waals surface area contributed by atoms with Crippen molar-refractivity contribution in [2.75, 3.05) is 23.7 Å². The largest absolute Gasteiger partial charge is 0.368 e. The van der Waals surface area contributed by atoms with E-state index in [-0.39, 0.29) is 0 Å². The number of benzene rings is 1. The van der Waals surface area contributed by atoms with Gasteiger partial charge < -0.3 is 15.6 Å². The van der Waals surface area contributed by atoms with Crippen molar-refractivity contribution in [3.8, 4) is 11.8 Å². The van der Waals surface area contributed by atoms with Crippen LogP contribution in [0, 0.1) is 11.8 Å². The van der Waals surface area contributed by atoms with Crippen molar-refractivity contribution in [2.24, 2.45) is 0 Å². The van der Waals surface area contributed by atoms with E-state index < -0.39 is 0 Å². The molecule has 1 saturated heterocycles. The second-order valence-corrected chi connectivity index (χ2v) is 5.64. The van der Waals surface area contributed by atoms with Gasteiger partial charge in [0.15, 0.2) is 0 Å². The van der Waals surface area contributed by atoms with Gasteiger partial charge in [0, 0.05) is 24.8 Å². The molecule has 0 atom stereocenters. The quantitative estimate of drug-likeness (QED) is 0.678. The topological polar surface area (TPSA) is 70.8 Å². The predicted molar refractivity (Wildman–Crippen MR) is 92.2 cm³/mol. The fraction of sp³-hybridized carbons (Fsp3) is 0.222. The number of fused-ring (bicyclic) bond motifs is 1. The van der Waals surface area contributed by atoms with Gasteiger partial charge in [-0.05, 0) is 25.0 Å². The Hall–Kier alpha value is -3.00. The number of nitrogens with two attached hydrogens (primary N) is 1. The summed E-state index contributed by atoms with van der Waals surface area (Å²) in [6.45, 7) is 2.00. The van der Waals surface area contributed by atoms with E-state index in [1.807, 2.05) is 36.5 Å². The van der Waals surface area contributed by atoms with Gasteiger partial charge in [-0.25, -0.2) is 0 Å². The molecule has 3 N–H and O–H groups in total. The van der Waals surface area contributed by atoms with Crippen LogP contribution in [-0.2, 0) is 0 Å². The lowest BCUT2D eigenvalue weighted by Crippen LogP contribution is -2.20. The van der Waals surface area contributed by atoms with Gasteiger partial charge in [0.1, 0.15) is 11.5 Å². The number of anilines is 2. The molecule has 0 aliphatic carbocycles. The summed E-state index contributed by atoms with van der Waals surface area (Å²) in [5.74, 6) is 7.62. The van der Waals surface area contributed by atoms with Gasteiger partial charge in [-0.2, -0.15) is 9.97 Å². The zero-order valence-corrected chi connectivity index (χ0v) is 12.7. The summed E-state index contributed by atoms with van der Waals surface area (Å²) in [7, 11) is 0. The SMILES string of the molecule is Nc1nc(N2CCCC2)c2c(C#Cc3ccccc3)c[nH]c2n1. The van der Waals surface area contributed by atoms with Crippen molar-refractivity contribution in [1.29, 1.82) is 0 Å². The number of H-pyrrole nitrogens is 1. The van der Waals surface area contributed by atoms with E-state index in [1.165, 1.54) is 12.8 Å². The van der Waals surface area contributed by atoms with Gasteiger partial charge in [0.05, 0.1) is 10.9 Å². The summed E-state index contributed by atoms with van der Waals surface area (Å²) < 4.78 is 0. The molecule has 3 heterocycles. The molecule has 1 fully saturated rings.